The van der Waals surface area contributed by atoms with Gasteiger partial charge >= 0.3 is 5.97 Å². The summed E-state index contributed by atoms with van der Waals surface area (Å²) in [6.07, 6.45) is 5.10. The van der Waals surface area contributed by atoms with E-state index in [0.717, 1.165) is 36.8 Å². The number of hydrogen-bond acceptors (Lipinski definition) is 5. The van der Waals surface area contributed by atoms with Gasteiger partial charge in [-0.25, -0.2) is 8.42 Å². The maximum atomic E-state index is 13.1. The molecule has 162 valence electrons. The Labute approximate surface area is 183 Å². The highest BCUT2D eigenvalue weighted by Crippen LogP contribution is 2.28. The van der Waals surface area contributed by atoms with E-state index in [-0.39, 0.29) is 18.5 Å². The zero-order valence-electron chi connectivity index (χ0n) is 17.4. The summed E-state index contributed by atoms with van der Waals surface area (Å²) in [4.78, 5) is 12.8. The van der Waals surface area contributed by atoms with E-state index in [9.17, 15) is 13.2 Å². The van der Waals surface area contributed by atoms with Crippen LogP contribution in [0.3, 0.4) is 0 Å². The van der Waals surface area contributed by atoms with Crippen molar-refractivity contribution in [3.8, 4) is 6.07 Å². The van der Waals surface area contributed by atoms with Crippen molar-refractivity contribution in [3.05, 3.63) is 64.7 Å². The molecule has 0 bridgehead atoms. The topological polar surface area (TPSA) is 87.5 Å². The SMILES string of the molecule is N#Cc1cccc(COC(=O)C2CCN(S(=O)(=O)c3ccc4c(c3)CCCC4)CC2)c1. The highest BCUT2D eigenvalue weighted by molar-refractivity contribution is 7.89. The lowest BCUT2D eigenvalue weighted by molar-refractivity contribution is -0.151. The molecule has 31 heavy (non-hydrogen) atoms. The molecule has 2 aromatic rings. The molecule has 0 unspecified atom stereocenters. The number of rotatable bonds is 5. The van der Waals surface area contributed by atoms with Gasteiger partial charge in [-0.2, -0.15) is 9.57 Å². The number of benzene rings is 2. The lowest BCUT2D eigenvalue weighted by Gasteiger charge is -2.30. The van der Waals surface area contributed by atoms with Gasteiger partial charge in [0.1, 0.15) is 6.61 Å². The quantitative estimate of drug-likeness (QED) is 0.666. The van der Waals surface area contributed by atoms with E-state index < -0.39 is 10.0 Å². The number of hydrogen-bond donors (Lipinski definition) is 0. The van der Waals surface area contributed by atoms with E-state index in [1.807, 2.05) is 18.2 Å². The van der Waals surface area contributed by atoms with Gasteiger partial charge in [-0.3, -0.25) is 4.79 Å². The lowest BCUT2D eigenvalue weighted by atomic mass is 9.92. The Bertz CT molecular complexity index is 1110. The van der Waals surface area contributed by atoms with Crippen molar-refractivity contribution in [1.29, 1.82) is 5.26 Å². The number of nitrogens with zero attached hydrogens (tertiary/aromatic N) is 2. The standard InChI is InChI=1S/C24H26N2O4S/c25-16-18-4-3-5-19(14-18)17-30-24(27)21-10-12-26(13-11-21)31(28,29)23-9-8-20-6-1-2-7-22(20)15-23/h3-5,8-9,14-15,21H,1-2,6-7,10-13,17H2. The molecule has 0 radical (unpaired) electrons. The van der Waals surface area contributed by atoms with Crippen molar-refractivity contribution in [3.63, 3.8) is 0 Å². The van der Waals surface area contributed by atoms with Crippen molar-refractivity contribution in [2.75, 3.05) is 13.1 Å². The molecule has 0 spiro atoms. The van der Waals surface area contributed by atoms with Crippen molar-refractivity contribution in [2.24, 2.45) is 5.92 Å². The van der Waals surface area contributed by atoms with E-state index in [0.29, 0.717) is 36.4 Å². The summed E-state index contributed by atoms with van der Waals surface area (Å²) in [5.74, 6) is -0.623. The average Bonchev–Trinajstić information content (AvgIpc) is 2.82. The summed E-state index contributed by atoms with van der Waals surface area (Å²) in [5.41, 5.74) is 3.69. The largest absolute Gasteiger partial charge is 0.461 e. The normalized spacial score (nSPS) is 17.5. The number of sulfonamides is 1. The fourth-order valence-corrected chi connectivity index (χ4v) is 5.88. The Morgan fingerprint density at radius 1 is 1.06 bits per heavy atom. The van der Waals surface area contributed by atoms with E-state index in [1.165, 1.54) is 9.87 Å². The molecule has 2 aliphatic rings. The third-order valence-corrected chi connectivity index (χ3v) is 8.08. The molecule has 1 fully saturated rings. The molecule has 0 amide bonds. The second kappa shape index (κ2) is 9.21. The summed E-state index contributed by atoms with van der Waals surface area (Å²) in [7, 11) is -3.56. The van der Waals surface area contributed by atoms with Gasteiger partial charge in [0.05, 0.1) is 22.4 Å². The Morgan fingerprint density at radius 3 is 2.55 bits per heavy atom. The molecule has 1 saturated heterocycles. The first kappa shape index (κ1) is 21.5. The average molecular weight is 439 g/mol. The number of carbonyl (C=O) groups excluding carboxylic acids is 1. The molecule has 1 heterocycles. The monoisotopic (exact) mass is 438 g/mol. The van der Waals surface area contributed by atoms with Gasteiger partial charge in [-0.15, -0.1) is 0 Å². The number of aryl methyl sites for hydroxylation is 2. The van der Waals surface area contributed by atoms with Gasteiger partial charge in [0.2, 0.25) is 10.0 Å². The van der Waals surface area contributed by atoms with Crippen molar-refractivity contribution in [1.82, 2.24) is 4.31 Å². The predicted molar refractivity (Wildman–Crippen MR) is 116 cm³/mol. The van der Waals surface area contributed by atoms with Crippen LogP contribution in [0.2, 0.25) is 0 Å². The lowest BCUT2D eigenvalue weighted by Crippen LogP contribution is -2.40. The second-order valence-electron chi connectivity index (χ2n) is 8.24. The molecular formula is C24H26N2O4S. The summed E-state index contributed by atoms with van der Waals surface area (Å²) in [6, 6.07) is 14.5. The second-order valence-corrected chi connectivity index (χ2v) is 10.2. The number of fused-ring (bicyclic) bond motifs is 1. The molecule has 0 atom stereocenters. The Morgan fingerprint density at radius 2 is 1.81 bits per heavy atom. The van der Waals surface area contributed by atoms with Crippen LogP contribution in [0.15, 0.2) is 47.4 Å². The fraction of sp³-hybridized carbons (Fsp3) is 0.417. The van der Waals surface area contributed by atoms with Gasteiger partial charge in [-0.05, 0) is 79.5 Å². The van der Waals surface area contributed by atoms with Crippen LogP contribution in [0, 0.1) is 17.2 Å². The van der Waals surface area contributed by atoms with Crippen LogP contribution in [-0.2, 0) is 39.0 Å². The smallest absolute Gasteiger partial charge is 0.309 e. The molecule has 1 aliphatic carbocycles. The minimum Gasteiger partial charge on any atom is -0.461 e. The molecule has 4 rings (SSSR count). The molecule has 1 aliphatic heterocycles. The van der Waals surface area contributed by atoms with Crippen LogP contribution in [-0.4, -0.2) is 31.8 Å². The predicted octanol–water partition coefficient (Wildman–Crippen LogP) is 3.58. The summed E-state index contributed by atoms with van der Waals surface area (Å²) in [6.45, 7) is 0.730. The van der Waals surface area contributed by atoms with Crippen LogP contribution < -0.4 is 0 Å². The third-order valence-electron chi connectivity index (χ3n) is 6.18. The highest BCUT2D eigenvalue weighted by atomic mass is 32.2. The number of ether oxygens (including phenoxy) is 1. The first-order valence-corrected chi connectivity index (χ1v) is 12.2. The molecular weight excluding hydrogens is 412 g/mol. The first-order chi connectivity index (χ1) is 15.0. The van der Waals surface area contributed by atoms with Crippen LogP contribution in [0.1, 0.15) is 47.9 Å². The highest BCUT2D eigenvalue weighted by Gasteiger charge is 2.33. The Balaban J connectivity index is 1.34. The molecule has 6 nitrogen and oxygen atoms in total. The Hall–Kier alpha value is -2.69. The Kier molecular flexibility index (Phi) is 6.40. The number of piperidine rings is 1. The zero-order valence-corrected chi connectivity index (χ0v) is 18.2. The minimum absolute atomic E-state index is 0.113. The van der Waals surface area contributed by atoms with Crippen LogP contribution in [0.25, 0.3) is 0 Å². The van der Waals surface area contributed by atoms with E-state index >= 15 is 0 Å². The molecule has 0 aromatic heterocycles. The zero-order chi connectivity index (χ0) is 21.8. The molecule has 0 N–H and O–H groups in total. The maximum Gasteiger partial charge on any atom is 0.309 e. The first-order valence-electron chi connectivity index (χ1n) is 10.7. The maximum absolute atomic E-state index is 13.1. The van der Waals surface area contributed by atoms with Crippen LogP contribution in [0.5, 0.6) is 0 Å². The number of nitriles is 1. The molecule has 2 aromatic carbocycles. The van der Waals surface area contributed by atoms with Gasteiger partial charge < -0.3 is 4.74 Å². The van der Waals surface area contributed by atoms with Gasteiger partial charge in [-0.1, -0.05) is 18.2 Å². The van der Waals surface area contributed by atoms with E-state index in [2.05, 4.69) is 6.07 Å². The number of esters is 1. The summed E-state index contributed by atoms with van der Waals surface area (Å²) < 4.78 is 33.1. The van der Waals surface area contributed by atoms with Crippen LogP contribution >= 0.6 is 0 Å². The fourth-order valence-electron chi connectivity index (χ4n) is 4.35. The van der Waals surface area contributed by atoms with Gasteiger partial charge in [0.25, 0.3) is 0 Å². The van der Waals surface area contributed by atoms with Crippen molar-refractivity contribution < 1.29 is 17.9 Å². The summed E-state index contributed by atoms with van der Waals surface area (Å²) in [5, 5.41) is 8.96. The van der Waals surface area contributed by atoms with Gasteiger partial charge in [0.15, 0.2) is 0 Å². The number of carbonyl (C=O) groups is 1. The van der Waals surface area contributed by atoms with Gasteiger partial charge in [0, 0.05) is 13.1 Å². The minimum atomic E-state index is -3.56. The van der Waals surface area contributed by atoms with Crippen LogP contribution in [0.4, 0.5) is 0 Å². The molecule has 0 saturated carbocycles. The third kappa shape index (κ3) is 4.81. The molecule has 7 heteroatoms. The van der Waals surface area contributed by atoms with Crippen molar-refractivity contribution in [2.45, 2.75) is 50.0 Å². The van der Waals surface area contributed by atoms with E-state index in [1.54, 1.807) is 24.3 Å². The van der Waals surface area contributed by atoms with E-state index in [4.69, 9.17) is 10.00 Å². The van der Waals surface area contributed by atoms with Crippen molar-refractivity contribution >= 4 is 16.0 Å². The summed E-state index contributed by atoms with van der Waals surface area (Å²) >= 11 is 0.